The number of nitrogens with one attached hydrogen (secondary N) is 1. The highest BCUT2D eigenvalue weighted by Gasteiger charge is 2.13. The Balaban J connectivity index is 1.42. The Bertz CT molecular complexity index is 1240. The number of thioether (sulfide) groups is 1. The fourth-order valence-electron chi connectivity index (χ4n) is 3.55. The molecule has 0 aliphatic heterocycles. The molecule has 8 heteroatoms. The van der Waals surface area contributed by atoms with Crippen molar-refractivity contribution in [2.75, 3.05) is 19.8 Å². The monoisotopic (exact) mass is 478 g/mol. The minimum absolute atomic E-state index is 0.0833. The summed E-state index contributed by atoms with van der Waals surface area (Å²) in [4.78, 5) is 21.3. The molecular weight excluding hydrogens is 451 g/mol. The molecule has 0 aliphatic rings. The Morgan fingerprint density at radius 1 is 1.15 bits per heavy atom. The third-order valence-corrected chi connectivity index (χ3v) is 6.33. The van der Waals surface area contributed by atoms with Crippen LogP contribution in [0.15, 0.2) is 72.1 Å². The fraction of sp³-hybridized carbons (Fsp3) is 0.269. The molecule has 34 heavy (non-hydrogen) atoms. The van der Waals surface area contributed by atoms with E-state index in [9.17, 15) is 9.18 Å². The van der Waals surface area contributed by atoms with E-state index >= 15 is 0 Å². The highest BCUT2D eigenvalue weighted by molar-refractivity contribution is 7.98. The molecule has 4 aromatic rings. The second kappa shape index (κ2) is 11.8. The molecular formula is C26H27FN4O2S. The van der Waals surface area contributed by atoms with Gasteiger partial charge in [0.15, 0.2) is 5.16 Å². The maximum absolute atomic E-state index is 13.7. The van der Waals surface area contributed by atoms with E-state index in [4.69, 9.17) is 9.72 Å². The standard InChI is InChI=1S/C26H27FN4O2S/c1-2-33-14-4-12-29-25(32)21-9-7-19(8-10-21)18-34-26-30-23-11-13-28-16-24(23)31(26)17-20-5-3-6-22(27)15-20/h3,5-11,13,15-16H,2,4,12,14,17-18H2,1H3,(H,29,32). The molecule has 0 aliphatic carbocycles. The van der Waals surface area contributed by atoms with Crippen LogP contribution in [0.25, 0.3) is 11.0 Å². The van der Waals surface area contributed by atoms with Crippen molar-refractivity contribution >= 4 is 28.7 Å². The maximum Gasteiger partial charge on any atom is 0.251 e. The van der Waals surface area contributed by atoms with Gasteiger partial charge < -0.3 is 14.6 Å². The van der Waals surface area contributed by atoms with E-state index in [1.807, 2.05) is 43.3 Å². The largest absolute Gasteiger partial charge is 0.382 e. The highest BCUT2D eigenvalue weighted by Crippen LogP contribution is 2.27. The van der Waals surface area contributed by atoms with Gasteiger partial charge in [-0.1, -0.05) is 36.0 Å². The smallest absolute Gasteiger partial charge is 0.251 e. The van der Waals surface area contributed by atoms with Crippen molar-refractivity contribution in [2.45, 2.75) is 30.8 Å². The third-order valence-electron chi connectivity index (χ3n) is 5.28. The zero-order valence-corrected chi connectivity index (χ0v) is 19.9. The van der Waals surface area contributed by atoms with Crippen molar-refractivity contribution in [1.29, 1.82) is 0 Å². The Kier molecular flexibility index (Phi) is 8.27. The zero-order chi connectivity index (χ0) is 23.8. The molecule has 2 heterocycles. The van der Waals surface area contributed by atoms with Crippen LogP contribution in [-0.2, 0) is 17.0 Å². The average molecular weight is 479 g/mol. The SMILES string of the molecule is CCOCCCNC(=O)c1ccc(CSc2nc3ccncc3n2Cc2cccc(F)c2)cc1. The zero-order valence-electron chi connectivity index (χ0n) is 19.0. The third kappa shape index (κ3) is 6.21. The number of nitrogens with zero attached hydrogens (tertiary/aromatic N) is 3. The van der Waals surface area contributed by atoms with Crippen molar-refractivity contribution in [2.24, 2.45) is 0 Å². The Hall–Kier alpha value is -3.23. The molecule has 6 nitrogen and oxygen atoms in total. The summed E-state index contributed by atoms with van der Waals surface area (Å²) in [5.74, 6) is 0.351. The molecule has 0 saturated heterocycles. The van der Waals surface area contributed by atoms with Crippen LogP contribution in [0, 0.1) is 5.82 Å². The molecule has 0 fully saturated rings. The lowest BCUT2D eigenvalue weighted by atomic mass is 10.1. The summed E-state index contributed by atoms with van der Waals surface area (Å²) in [5.41, 5.74) is 4.34. The van der Waals surface area contributed by atoms with Gasteiger partial charge in [0.25, 0.3) is 5.91 Å². The van der Waals surface area contributed by atoms with Crippen LogP contribution < -0.4 is 5.32 Å². The molecule has 2 aromatic carbocycles. The Morgan fingerprint density at radius 2 is 2.00 bits per heavy atom. The first-order valence-corrected chi connectivity index (χ1v) is 12.2. The number of hydrogen-bond donors (Lipinski definition) is 1. The summed E-state index contributed by atoms with van der Waals surface area (Å²) in [5, 5.41) is 3.75. The number of hydrogen-bond acceptors (Lipinski definition) is 5. The number of carbonyl (C=O) groups is 1. The first-order valence-electron chi connectivity index (χ1n) is 11.3. The van der Waals surface area contributed by atoms with E-state index in [1.165, 1.54) is 12.1 Å². The van der Waals surface area contributed by atoms with Gasteiger partial charge in [0.2, 0.25) is 0 Å². The molecule has 0 radical (unpaired) electrons. The summed E-state index contributed by atoms with van der Waals surface area (Å²) in [6.45, 7) is 4.38. The van der Waals surface area contributed by atoms with Crippen molar-refractivity contribution < 1.29 is 13.9 Å². The van der Waals surface area contributed by atoms with Crippen LogP contribution in [0.5, 0.6) is 0 Å². The molecule has 0 bridgehead atoms. The van der Waals surface area contributed by atoms with E-state index in [0.717, 1.165) is 33.7 Å². The van der Waals surface area contributed by atoms with Crippen LogP contribution in [-0.4, -0.2) is 40.2 Å². The second-order valence-electron chi connectivity index (χ2n) is 7.77. The van der Waals surface area contributed by atoms with E-state index in [2.05, 4.69) is 14.9 Å². The summed E-state index contributed by atoms with van der Waals surface area (Å²) in [6.07, 6.45) is 4.30. The predicted molar refractivity (Wildman–Crippen MR) is 132 cm³/mol. The van der Waals surface area contributed by atoms with Crippen molar-refractivity contribution in [3.8, 4) is 0 Å². The molecule has 0 spiro atoms. The van der Waals surface area contributed by atoms with Crippen LogP contribution in [0.4, 0.5) is 4.39 Å². The van der Waals surface area contributed by atoms with Crippen LogP contribution in [0.3, 0.4) is 0 Å². The minimum atomic E-state index is -0.257. The van der Waals surface area contributed by atoms with Gasteiger partial charge >= 0.3 is 0 Å². The molecule has 1 N–H and O–H groups in total. The molecule has 0 saturated carbocycles. The Labute approximate surface area is 202 Å². The second-order valence-corrected chi connectivity index (χ2v) is 8.71. The van der Waals surface area contributed by atoms with Crippen LogP contribution in [0.2, 0.25) is 0 Å². The lowest BCUT2D eigenvalue weighted by Gasteiger charge is -2.10. The van der Waals surface area contributed by atoms with Gasteiger partial charge in [-0.3, -0.25) is 9.78 Å². The van der Waals surface area contributed by atoms with Gasteiger partial charge in [0, 0.05) is 37.3 Å². The van der Waals surface area contributed by atoms with Crippen molar-refractivity contribution in [3.05, 3.63) is 89.5 Å². The number of imidazole rings is 1. The van der Waals surface area contributed by atoms with Gasteiger partial charge in [0.1, 0.15) is 5.82 Å². The van der Waals surface area contributed by atoms with Crippen molar-refractivity contribution in [1.82, 2.24) is 19.9 Å². The van der Waals surface area contributed by atoms with Gasteiger partial charge in [0.05, 0.1) is 23.8 Å². The first-order chi connectivity index (χ1) is 16.6. The number of carbonyl (C=O) groups excluding carboxylic acids is 1. The predicted octanol–water partition coefficient (Wildman–Crippen LogP) is 5.07. The number of amides is 1. The van der Waals surface area contributed by atoms with E-state index in [1.54, 1.807) is 30.2 Å². The van der Waals surface area contributed by atoms with Gasteiger partial charge in [-0.25, -0.2) is 9.37 Å². The molecule has 2 aromatic heterocycles. The lowest BCUT2D eigenvalue weighted by Crippen LogP contribution is -2.25. The summed E-state index contributed by atoms with van der Waals surface area (Å²) in [7, 11) is 0. The fourth-order valence-corrected chi connectivity index (χ4v) is 4.52. The maximum atomic E-state index is 13.7. The quantitative estimate of drug-likeness (QED) is 0.241. The number of benzene rings is 2. The van der Waals surface area contributed by atoms with E-state index in [-0.39, 0.29) is 11.7 Å². The van der Waals surface area contributed by atoms with Gasteiger partial charge in [-0.15, -0.1) is 0 Å². The van der Waals surface area contributed by atoms with E-state index in [0.29, 0.717) is 37.6 Å². The number of ether oxygens (including phenoxy) is 1. The van der Waals surface area contributed by atoms with Gasteiger partial charge in [-0.2, -0.15) is 0 Å². The number of halogens is 1. The molecule has 176 valence electrons. The molecule has 4 rings (SSSR count). The van der Waals surface area contributed by atoms with Gasteiger partial charge in [-0.05, 0) is 54.8 Å². The molecule has 0 unspecified atom stereocenters. The molecule has 1 amide bonds. The number of aromatic nitrogens is 3. The highest BCUT2D eigenvalue weighted by atomic mass is 32.2. The average Bonchev–Trinajstić information content (AvgIpc) is 3.20. The minimum Gasteiger partial charge on any atom is -0.382 e. The van der Waals surface area contributed by atoms with E-state index < -0.39 is 0 Å². The van der Waals surface area contributed by atoms with Crippen LogP contribution >= 0.6 is 11.8 Å². The molecule has 0 atom stereocenters. The summed E-state index contributed by atoms with van der Waals surface area (Å²) >= 11 is 1.60. The normalized spacial score (nSPS) is 11.1. The first kappa shape index (κ1) is 23.9. The summed E-state index contributed by atoms with van der Waals surface area (Å²) in [6, 6.07) is 16.1. The van der Waals surface area contributed by atoms with Crippen LogP contribution in [0.1, 0.15) is 34.8 Å². The van der Waals surface area contributed by atoms with Crippen molar-refractivity contribution in [3.63, 3.8) is 0 Å². The number of rotatable bonds is 11. The number of pyridine rings is 1. The lowest BCUT2D eigenvalue weighted by molar-refractivity contribution is 0.0944. The summed E-state index contributed by atoms with van der Waals surface area (Å²) < 4.78 is 21.1. The number of fused-ring (bicyclic) bond motifs is 1. The Morgan fingerprint density at radius 3 is 2.79 bits per heavy atom. The topological polar surface area (TPSA) is 69.0 Å².